The SMILES string of the molecule is CCC(C)OC(=O)OC(C)OC(=O)C1=C(COC(=O)N(C)C)CS[C@@H]2C(N)C(=O)N12. The Morgan fingerprint density at radius 1 is 1.23 bits per heavy atom. The average molecular weight is 445 g/mol. The fourth-order valence-corrected chi connectivity index (χ4v) is 3.87. The molecule has 2 N–H and O–H groups in total. The van der Waals surface area contributed by atoms with Crippen molar-refractivity contribution in [2.75, 3.05) is 26.5 Å². The van der Waals surface area contributed by atoms with Gasteiger partial charge in [-0.25, -0.2) is 14.4 Å². The molecule has 11 nitrogen and oxygen atoms in total. The number of nitrogens with two attached hydrogens (primary N) is 1. The lowest BCUT2D eigenvalue weighted by atomic mass is 10.0. The molecule has 0 radical (unpaired) electrons. The van der Waals surface area contributed by atoms with Gasteiger partial charge in [-0.2, -0.15) is 0 Å². The van der Waals surface area contributed by atoms with Crippen LogP contribution in [-0.2, 0) is 28.5 Å². The Bertz CT molecular complexity index is 741. The summed E-state index contributed by atoms with van der Waals surface area (Å²) in [7, 11) is 3.04. The standard InChI is InChI=1S/C18H27N3O8S/c1-6-9(2)27-18(25)29-10(3)28-16(23)13-11(7-26-17(24)20(4)5)8-30-15-12(19)14(22)21(13)15/h9-10,12,15H,6-8,19H2,1-5H3/t9?,10?,12?,15-/m1/s1. The number of carbonyl (C=O) groups is 4. The third-order valence-corrected chi connectivity index (χ3v) is 5.78. The lowest BCUT2D eigenvalue weighted by Gasteiger charge is -2.48. The molecule has 0 aromatic heterocycles. The summed E-state index contributed by atoms with van der Waals surface area (Å²) >= 11 is 1.36. The molecule has 4 atom stereocenters. The molecule has 0 bridgehead atoms. The Hall–Kier alpha value is -2.47. The van der Waals surface area contributed by atoms with Crippen LogP contribution >= 0.6 is 11.8 Å². The Balaban J connectivity index is 2.12. The number of ether oxygens (including phenoxy) is 4. The van der Waals surface area contributed by atoms with Gasteiger partial charge in [-0.05, 0) is 13.3 Å². The molecule has 1 fully saturated rings. The maximum atomic E-state index is 12.8. The molecule has 0 aliphatic carbocycles. The largest absolute Gasteiger partial charge is 0.511 e. The van der Waals surface area contributed by atoms with E-state index in [4.69, 9.17) is 24.7 Å². The van der Waals surface area contributed by atoms with E-state index >= 15 is 0 Å². The summed E-state index contributed by atoms with van der Waals surface area (Å²) in [5.41, 5.74) is 6.15. The maximum absolute atomic E-state index is 12.8. The van der Waals surface area contributed by atoms with Crippen LogP contribution in [0.15, 0.2) is 11.3 Å². The fourth-order valence-electron chi connectivity index (χ4n) is 2.60. The first kappa shape index (κ1) is 23.8. The van der Waals surface area contributed by atoms with E-state index in [9.17, 15) is 19.2 Å². The smallest absolute Gasteiger partial charge is 0.445 e. The molecule has 0 saturated carbocycles. The lowest BCUT2D eigenvalue weighted by molar-refractivity contribution is -0.169. The minimum absolute atomic E-state index is 0.0530. The summed E-state index contributed by atoms with van der Waals surface area (Å²) in [6.07, 6.45) is -2.58. The highest BCUT2D eigenvalue weighted by atomic mass is 32.2. The summed E-state index contributed by atoms with van der Waals surface area (Å²) < 4.78 is 20.2. The van der Waals surface area contributed by atoms with Crippen LogP contribution in [0.1, 0.15) is 27.2 Å². The first-order valence-corrected chi connectivity index (χ1v) is 10.5. The molecular formula is C18H27N3O8S. The van der Waals surface area contributed by atoms with Crippen LogP contribution in [0.4, 0.5) is 9.59 Å². The normalized spacial score (nSPS) is 22.3. The Labute approximate surface area is 178 Å². The first-order chi connectivity index (χ1) is 14.1. The minimum atomic E-state index is -1.26. The highest BCUT2D eigenvalue weighted by molar-refractivity contribution is 8.00. The van der Waals surface area contributed by atoms with Crippen molar-refractivity contribution in [1.82, 2.24) is 9.80 Å². The van der Waals surface area contributed by atoms with Crippen LogP contribution in [0.3, 0.4) is 0 Å². The van der Waals surface area contributed by atoms with Crippen LogP contribution in [0.2, 0.25) is 0 Å². The fraction of sp³-hybridized carbons (Fsp3) is 0.667. The van der Waals surface area contributed by atoms with Gasteiger partial charge in [-0.3, -0.25) is 9.69 Å². The summed E-state index contributed by atoms with van der Waals surface area (Å²) in [5.74, 6) is -1.01. The average Bonchev–Trinajstić information content (AvgIpc) is 2.69. The second kappa shape index (κ2) is 10.0. The van der Waals surface area contributed by atoms with E-state index in [0.29, 0.717) is 17.7 Å². The molecule has 2 amide bonds. The summed E-state index contributed by atoms with van der Waals surface area (Å²) in [4.78, 5) is 51.0. The van der Waals surface area contributed by atoms with Crippen LogP contribution in [0.5, 0.6) is 0 Å². The topological polar surface area (TPSA) is 138 Å². The predicted molar refractivity (Wildman–Crippen MR) is 106 cm³/mol. The van der Waals surface area contributed by atoms with Crippen molar-refractivity contribution in [3.05, 3.63) is 11.3 Å². The second-order valence-corrected chi connectivity index (χ2v) is 8.12. The van der Waals surface area contributed by atoms with Crippen molar-refractivity contribution < 1.29 is 38.1 Å². The quantitative estimate of drug-likeness (QED) is 0.262. The van der Waals surface area contributed by atoms with E-state index in [0.717, 1.165) is 0 Å². The highest BCUT2D eigenvalue weighted by Gasteiger charge is 2.52. The molecule has 30 heavy (non-hydrogen) atoms. The molecule has 0 aromatic carbocycles. The van der Waals surface area contributed by atoms with Crippen LogP contribution in [0.25, 0.3) is 0 Å². The van der Waals surface area contributed by atoms with Crippen molar-refractivity contribution in [2.45, 2.75) is 51.0 Å². The molecule has 3 unspecified atom stereocenters. The van der Waals surface area contributed by atoms with Gasteiger partial charge < -0.3 is 29.6 Å². The van der Waals surface area contributed by atoms with Crippen molar-refractivity contribution in [2.24, 2.45) is 5.73 Å². The zero-order chi connectivity index (χ0) is 22.6. The van der Waals surface area contributed by atoms with E-state index in [-0.39, 0.29) is 18.4 Å². The molecular weight excluding hydrogens is 418 g/mol. The Morgan fingerprint density at radius 2 is 1.90 bits per heavy atom. The highest BCUT2D eigenvalue weighted by Crippen LogP contribution is 2.40. The van der Waals surface area contributed by atoms with Gasteiger partial charge in [0, 0.05) is 32.3 Å². The number of carbonyl (C=O) groups excluding carboxylic acids is 4. The van der Waals surface area contributed by atoms with Gasteiger partial charge in [0.25, 0.3) is 0 Å². The van der Waals surface area contributed by atoms with Crippen LogP contribution in [-0.4, -0.2) is 84.2 Å². The second-order valence-electron chi connectivity index (χ2n) is 7.01. The Kier molecular flexibility index (Phi) is 7.96. The van der Waals surface area contributed by atoms with E-state index < -0.39 is 41.8 Å². The van der Waals surface area contributed by atoms with Gasteiger partial charge in [0.15, 0.2) is 0 Å². The Morgan fingerprint density at radius 3 is 2.50 bits per heavy atom. The number of rotatable bonds is 7. The minimum Gasteiger partial charge on any atom is -0.445 e. The number of nitrogens with zero attached hydrogens (tertiary/aromatic N) is 2. The number of thioether (sulfide) groups is 1. The van der Waals surface area contributed by atoms with Gasteiger partial charge in [0.05, 0.1) is 0 Å². The zero-order valence-electron chi connectivity index (χ0n) is 17.6. The van der Waals surface area contributed by atoms with Gasteiger partial charge in [0.1, 0.15) is 29.8 Å². The van der Waals surface area contributed by atoms with Gasteiger partial charge in [0.2, 0.25) is 12.2 Å². The number of amides is 2. The number of fused-ring (bicyclic) bond motifs is 1. The predicted octanol–water partition coefficient (Wildman–Crippen LogP) is 1.02. The van der Waals surface area contributed by atoms with E-state index in [1.807, 2.05) is 6.92 Å². The molecule has 0 aromatic rings. The third-order valence-electron chi connectivity index (χ3n) is 4.42. The summed E-state index contributed by atoms with van der Waals surface area (Å²) in [6, 6.07) is -0.733. The number of hydrogen-bond donors (Lipinski definition) is 1. The summed E-state index contributed by atoms with van der Waals surface area (Å²) in [6.45, 7) is 4.68. The first-order valence-electron chi connectivity index (χ1n) is 9.41. The molecule has 2 aliphatic heterocycles. The zero-order valence-corrected chi connectivity index (χ0v) is 18.4. The molecule has 12 heteroatoms. The molecule has 2 heterocycles. The number of esters is 1. The maximum Gasteiger partial charge on any atom is 0.511 e. The van der Waals surface area contributed by atoms with Gasteiger partial charge in [-0.15, -0.1) is 11.8 Å². The van der Waals surface area contributed by atoms with Gasteiger partial charge >= 0.3 is 18.2 Å². The summed E-state index contributed by atoms with van der Waals surface area (Å²) in [5, 5.41) is -0.417. The van der Waals surface area contributed by atoms with Crippen LogP contribution < -0.4 is 5.73 Å². The van der Waals surface area contributed by atoms with Gasteiger partial charge in [-0.1, -0.05) is 6.92 Å². The number of hydrogen-bond acceptors (Lipinski definition) is 10. The third kappa shape index (κ3) is 5.36. The molecule has 168 valence electrons. The van der Waals surface area contributed by atoms with Crippen molar-refractivity contribution >= 4 is 35.9 Å². The molecule has 2 aliphatic rings. The number of β-lactam (4-membered cyclic amide) rings is 1. The van der Waals surface area contributed by atoms with Crippen molar-refractivity contribution in [3.63, 3.8) is 0 Å². The van der Waals surface area contributed by atoms with Crippen molar-refractivity contribution in [3.8, 4) is 0 Å². The molecule has 0 spiro atoms. The molecule has 1 saturated heterocycles. The lowest BCUT2D eigenvalue weighted by Crippen LogP contribution is -2.68. The monoisotopic (exact) mass is 445 g/mol. The van der Waals surface area contributed by atoms with Crippen LogP contribution in [0, 0.1) is 0 Å². The van der Waals surface area contributed by atoms with Crippen molar-refractivity contribution in [1.29, 1.82) is 0 Å². The van der Waals surface area contributed by atoms with E-state index in [1.54, 1.807) is 6.92 Å². The van der Waals surface area contributed by atoms with E-state index in [2.05, 4.69) is 0 Å². The molecule has 2 rings (SSSR count). The van der Waals surface area contributed by atoms with E-state index in [1.165, 1.54) is 42.6 Å².